The number of halogens is 2. The van der Waals surface area contributed by atoms with Crippen LogP contribution in [-0.2, 0) is 14.3 Å². The highest BCUT2D eigenvalue weighted by molar-refractivity contribution is 6.36. The minimum Gasteiger partial charge on any atom is -0.383 e. The second-order valence-corrected chi connectivity index (χ2v) is 4.46. The van der Waals surface area contributed by atoms with Crippen LogP contribution in [0.15, 0.2) is 23.3 Å². The Balaban J connectivity index is 2.47. The Kier molecular flexibility index (Phi) is 7.00. The van der Waals surface area contributed by atoms with Gasteiger partial charge in [0.1, 0.15) is 0 Å². The molecule has 0 heterocycles. The van der Waals surface area contributed by atoms with Crippen LogP contribution in [0, 0.1) is 0 Å². The van der Waals surface area contributed by atoms with Crippen LogP contribution in [0.25, 0.3) is 0 Å². The van der Waals surface area contributed by atoms with Gasteiger partial charge < -0.3 is 10.1 Å². The SMILES string of the molecule is COCCNC(=O)C(=O)N/N=C\c1ccc(Cl)cc1Cl. The van der Waals surface area contributed by atoms with E-state index in [4.69, 9.17) is 27.9 Å². The topological polar surface area (TPSA) is 79.8 Å². The van der Waals surface area contributed by atoms with Crippen LogP contribution < -0.4 is 10.7 Å². The Bertz CT molecular complexity index is 521. The summed E-state index contributed by atoms with van der Waals surface area (Å²) in [6.07, 6.45) is 1.32. The summed E-state index contributed by atoms with van der Waals surface area (Å²) < 4.78 is 4.73. The summed E-state index contributed by atoms with van der Waals surface area (Å²) in [5, 5.41) is 6.88. The highest BCUT2D eigenvalue weighted by Gasteiger charge is 2.11. The van der Waals surface area contributed by atoms with Crippen LogP contribution in [0.2, 0.25) is 10.0 Å². The first-order chi connectivity index (χ1) is 9.54. The number of rotatable bonds is 5. The molecule has 1 aromatic rings. The standard InChI is InChI=1S/C12H13Cl2N3O3/c1-20-5-4-15-11(18)12(19)17-16-7-8-2-3-9(13)6-10(8)14/h2-3,6-7H,4-5H2,1H3,(H,15,18)(H,17,19)/b16-7-. The van der Waals surface area contributed by atoms with Crippen LogP contribution in [0.5, 0.6) is 0 Å². The molecule has 0 aromatic heterocycles. The van der Waals surface area contributed by atoms with E-state index >= 15 is 0 Å². The number of amides is 2. The Labute approximate surface area is 126 Å². The molecule has 0 saturated heterocycles. The molecule has 0 aliphatic carbocycles. The van der Waals surface area contributed by atoms with Crippen molar-refractivity contribution in [2.24, 2.45) is 5.10 Å². The number of ether oxygens (including phenoxy) is 1. The van der Waals surface area contributed by atoms with Crippen molar-refractivity contribution >= 4 is 41.2 Å². The van der Waals surface area contributed by atoms with Gasteiger partial charge in [-0.15, -0.1) is 0 Å². The molecule has 20 heavy (non-hydrogen) atoms. The lowest BCUT2D eigenvalue weighted by Gasteiger charge is -2.02. The molecular weight excluding hydrogens is 305 g/mol. The van der Waals surface area contributed by atoms with Crippen LogP contribution in [-0.4, -0.2) is 38.3 Å². The summed E-state index contributed by atoms with van der Waals surface area (Å²) >= 11 is 11.7. The first-order valence-electron chi connectivity index (χ1n) is 5.60. The molecule has 0 unspecified atom stereocenters. The zero-order chi connectivity index (χ0) is 15.0. The van der Waals surface area contributed by atoms with Gasteiger partial charge in [0.15, 0.2) is 0 Å². The second-order valence-electron chi connectivity index (χ2n) is 3.61. The summed E-state index contributed by atoms with van der Waals surface area (Å²) in [5.74, 6) is -1.66. The number of hydrogen-bond acceptors (Lipinski definition) is 4. The number of nitrogens with zero attached hydrogens (tertiary/aromatic N) is 1. The lowest BCUT2D eigenvalue weighted by atomic mass is 10.2. The van der Waals surface area contributed by atoms with Crippen molar-refractivity contribution in [3.8, 4) is 0 Å². The van der Waals surface area contributed by atoms with Gasteiger partial charge in [-0.3, -0.25) is 9.59 Å². The van der Waals surface area contributed by atoms with E-state index < -0.39 is 11.8 Å². The van der Waals surface area contributed by atoms with Crippen LogP contribution in [0.1, 0.15) is 5.56 Å². The molecule has 0 spiro atoms. The van der Waals surface area contributed by atoms with E-state index in [2.05, 4.69) is 15.8 Å². The number of hydrazone groups is 1. The quantitative estimate of drug-likeness (QED) is 0.371. The average Bonchev–Trinajstić information content (AvgIpc) is 2.41. The van der Waals surface area contributed by atoms with Crippen molar-refractivity contribution in [1.29, 1.82) is 0 Å². The summed E-state index contributed by atoms with van der Waals surface area (Å²) in [7, 11) is 1.49. The van der Waals surface area contributed by atoms with E-state index in [-0.39, 0.29) is 6.54 Å². The summed E-state index contributed by atoms with van der Waals surface area (Å²) in [6.45, 7) is 0.568. The maximum Gasteiger partial charge on any atom is 0.329 e. The fraction of sp³-hybridized carbons (Fsp3) is 0.250. The molecular formula is C12H13Cl2N3O3. The predicted molar refractivity (Wildman–Crippen MR) is 77.1 cm³/mol. The fourth-order valence-electron chi connectivity index (χ4n) is 1.16. The third-order valence-electron chi connectivity index (χ3n) is 2.13. The molecule has 2 amide bonds. The zero-order valence-electron chi connectivity index (χ0n) is 10.7. The normalized spacial score (nSPS) is 10.6. The first-order valence-corrected chi connectivity index (χ1v) is 6.35. The first kappa shape index (κ1) is 16.4. The molecule has 1 rings (SSSR count). The predicted octanol–water partition coefficient (Wildman–Crippen LogP) is 1.21. The van der Waals surface area contributed by atoms with Crippen LogP contribution >= 0.6 is 23.2 Å². The van der Waals surface area contributed by atoms with E-state index in [9.17, 15) is 9.59 Å². The van der Waals surface area contributed by atoms with Crippen molar-refractivity contribution in [2.75, 3.05) is 20.3 Å². The largest absolute Gasteiger partial charge is 0.383 e. The smallest absolute Gasteiger partial charge is 0.329 e. The van der Waals surface area contributed by atoms with Crippen molar-refractivity contribution in [3.63, 3.8) is 0 Å². The molecule has 0 bridgehead atoms. The Morgan fingerprint density at radius 2 is 2.10 bits per heavy atom. The number of nitrogens with one attached hydrogen (secondary N) is 2. The highest BCUT2D eigenvalue weighted by Crippen LogP contribution is 2.19. The Morgan fingerprint density at radius 1 is 1.35 bits per heavy atom. The molecule has 0 aliphatic heterocycles. The number of hydrogen-bond donors (Lipinski definition) is 2. The summed E-state index contributed by atoms with van der Waals surface area (Å²) in [6, 6.07) is 4.82. The maximum absolute atomic E-state index is 11.3. The molecule has 0 saturated carbocycles. The van der Waals surface area contributed by atoms with Crippen molar-refractivity contribution in [3.05, 3.63) is 33.8 Å². The molecule has 0 radical (unpaired) electrons. The third kappa shape index (κ3) is 5.56. The molecule has 0 fully saturated rings. The van der Waals surface area contributed by atoms with Gasteiger partial charge in [0.05, 0.1) is 17.8 Å². The third-order valence-corrected chi connectivity index (χ3v) is 2.69. The van der Waals surface area contributed by atoms with Gasteiger partial charge in [-0.25, -0.2) is 5.43 Å². The van der Waals surface area contributed by atoms with Crippen molar-refractivity contribution in [2.45, 2.75) is 0 Å². The molecule has 2 N–H and O–H groups in total. The number of carbonyl (C=O) groups excluding carboxylic acids is 2. The van der Waals surface area contributed by atoms with Gasteiger partial charge in [-0.1, -0.05) is 29.3 Å². The van der Waals surface area contributed by atoms with E-state index in [1.165, 1.54) is 13.3 Å². The molecule has 0 atom stereocenters. The van der Waals surface area contributed by atoms with Gasteiger partial charge in [-0.05, 0) is 12.1 Å². The summed E-state index contributed by atoms with van der Waals surface area (Å²) in [5.41, 5.74) is 2.65. The van der Waals surface area contributed by atoms with Crippen LogP contribution in [0.4, 0.5) is 0 Å². The molecule has 1 aromatic carbocycles. The van der Waals surface area contributed by atoms with E-state index in [0.29, 0.717) is 22.2 Å². The monoisotopic (exact) mass is 317 g/mol. The van der Waals surface area contributed by atoms with Crippen molar-refractivity contribution in [1.82, 2.24) is 10.7 Å². The van der Waals surface area contributed by atoms with E-state index in [1.807, 2.05) is 0 Å². The van der Waals surface area contributed by atoms with E-state index in [0.717, 1.165) is 0 Å². The van der Waals surface area contributed by atoms with Gasteiger partial charge in [0.25, 0.3) is 0 Å². The second kappa shape index (κ2) is 8.52. The number of carbonyl (C=O) groups is 2. The minimum absolute atomic E-state index is 0.246. The fourth-order valence-corrected chi connectivity index (χ4v) is 1.62. The van der Waals surface area contributed by atoms with Gasteiger partial charge in [0, 0.05) is 24.2 Å². The molecule has 6 nitrogen and oxygen atoms in total. The lowest BCUT2D eigenvalue weighted by Crippen LogP contribution is -2.39. The maximum atomic E-state index is 11.3. The zero-order valence-corrected chi connectivity index (χ0v) is 12.2. The number of methoxy groups -OCH3 is 1. The molecule has 8 heteroatoms. The summed E-state index contributed by atoms with van der Waals surface area (Å²) in [4.78, 5) is 22.6. The van der Waals surface area contributed by atoms with Crippen molar-refractivity contribution < 1.29 is 14.3 Å². The molecule has 0 aliphatic rings. The van der Waals surface area contributed by atoms with Gasteiger partial charge in [-0.2, -0.15) is 5.10 Å². The number of benzene rings is 1. The Hall–Kier alpha value is -1.63. The minimum atomic E-state index is -0.873. The molecule has 108 valence electrons. The van der Waals surface area contributed by atoms with Gasteiger partial charge >= 0.3 is 11.8 Å². The Morgan fingerprint density at radius 3 is 2.75 bits per heavy atom. The lowest BCUT2D eigenvalue weighted by molar-refractivity contribution is -0.139. The highest BCUT2D eigenvalue weighted by atomic mass is 35.5. The van der Waals surface area contributed by atoms with E-state index in [1.54, 1.807) is 18.2 Å². The average molecular weight is 318 g/mol. The van der Waals surface area contributed by atoms with Crippen LogP contribution in [0.3, 0.4) is 0 Å². The van der Waals surface area contributed by atoms with Gasteiger partial charge in [0.2, 0.25) is 0 Å².